The van der Waals surface area contributed by atoms with Gasteiger partial charge in [0.1, 0.15) is 11.3 Å². The zero-order valence-corrected chi connectivity index (χ0v) is 13.7. The maximum atomic E-state index is 12.2. The van der Waals surface area contributed by atoms with E-state index in [9.17, 15) is 9.59 Å². The van der Waals surface area contributed by atoms with Gasteiger partial charge in [-0.2, -0.15) is 0 Å². The minimum absolute atomic E-state index is 0.311. The standard InChI is InChI=1S/C18H24N2O3/c1-13-6-8-15(23-2)14(12-13)7-9-16(21)20-18(17(19)22)10-4-3-5-11-18/h6-9,12H,3-5,10-11H2,1-2H3,(H2,19,22)(H,20,21)/b9-7+. The van der Waals surface area contributed by atoms with Gasteiger partial charge >= 0.3 is 0 Å². The van der Waals surface area contributed by atoms with Crippen LogP contribution < -0.4 is 15.8 Å². The smallest absolute Gasteiger partial charge is 0.244 e. The number of aryl methyl sites for hydroxylation is 1. The number of primary amides is 1. The normalized spacial score (nSPS) is 17.0. The molecule has 1 aromatic carbocycles. The molecule has 0 aliphatic heterocycles. The van der Waals surface area contributed by atoms with Crippen molar-refractivity contribution in [2.45, 2.75) is 44.6 Å². The quantitative estimate of drug-likeness (QED) is 0.818. The molecule has 0 unspecified atom stereocenters. The summed E-state index contributed by atoms with van der Waals surface area (Å²) in [5.41, 5.74) is 6.51. The van der Waals surface area contributed by atoms with Crippen molar-refractivity contribution in [1.29, 1.82) is 0 Å². The Morgan fingerprint density at radius 2 is 1.96 bits per heavy atom. The van der Waals surface area contributed by atoms with Crippen molar-refractivity contribution in [2.75, 3.05) is 7.11 Å². The first kappa shape index (κ1) is 17.1. The molecule has 0 spiro atoms. The molecule has 0 radical (unpaired) electrons. The van der Waals surface area contributed by atoms with Crippen molar-refractivity contribution in [3.8, 4) is 5.75 Å². The second kappa shape index (κ2) is 7.31. The van der Waals surface area contributed by atoms with E-state index in [4.69, 9.17) is 10.5 Å². The van der Waals surface area contributed by atoms with E-state index in [-0.39, 0.29) is 5.91 Å². The molecular weight excluding hydrogens is 292 g/mol. The van der Waals surface area contributed by atoms with Crippen LogP contribution in [-0.4, -0.2) is 24.5 Å². The molecule has 2 rings (SSSR count). The lowest BCUT2D eigenvalue weighted by Gasteiger charge is -2.34. The highest BCUT2D eigenvalue weighted by Crippen LogP contribution is 2.28. The summed E-state index contributed by atoms with van der Waals surface area (Å²) >= 11 is 0. The first-order chi connectivity index (χ1) is 11.0. The molecule has 1 aromatic rings. The molecule has 5 nitrogen and oxygen atoms in total. The number of hydrogen-bond acceptors (Lipinski definition) is 3. The summed E-state index contributed by atoms with van der Waals surface area (Å²) < 4.78 is 5.28. The first-order valence-corrected chi connectivity index (χ1v) is 7.92. The molecule has 1 saturated carbocycles. The topological polar surface area (TPSA) is 81.4 Å². The summed E-state index contributed by atoms with van der Waals surface area (Å²) in [4.78, 5) is 24.0. The number of methoxy groups -OCH3 is 1. The second-order valence-electron chi connectivity index (χ2n) is 6.08. The Morgan fingerprint density at radius 1 is 1.26 bits per heavy atom. The van der Waals surface area contributed by atoms with Gasteiger partial charge in [-0.1, -0.05) is 30.9 Å². The molecule has 0 aromatic heterocycles. The monoisotopic (exact) mass is 316 g/mol. The van der Waals surface area contributed by atoms with Crippen LogP contribution in [-0.2, 0) is 9.59 Å². The van der Waals surface area contributed by atoms with Crippen LogP contribution in [0.1, 0.15) is 43.2 Å². The molecule has 1 aliphatic rings. The molecule has 0 atom stereocenters. The van der Waals surface area contributed by atoms with Crippen molar-refractivity contribution < 1.29 is 14.3 Å². The van der Waals surface area contributed by atoms with E-state index in [0.717, 1.165) is 30.4 Å². The molecule has 2 amide bonds. The number of carbonyl (C=O) groups is 2. The summed E-state index contributed by atoms with van der Waals surface area (Å²) in [6, 6.07) is 5.74. The highest BCUT2D eigenvalue weighted by molar-refractivity contribution is 5.97. The van der Waals surface area contributed by atoms with Crippen molar-refractivity contribution in [3.63, 3.8) is 0 Å². The maximum absolute atomic E-state index is 12.2. The van der Waals surface area contributed by atoms with Gasteiger partial charge in [0.2, 0.25) is 11.8 Å². The third kappa shape index (κ3) is 4.12. The third-order valence-electron chi connectivity index (χ3n) is 4.34. The summed E-state index contributed by atoms with van der Waals surface area (Å²) in [7, 11) is 1.59. The second-order valence-corrected chi connectivity index (χ2v) is 6.08. The van der Waals surface area contributed by atoms with Crippen LogP contribution in [0.4, 0.5) is 0 Å². The number of ether oxygens (including phenoxy) is 1. The lowest BCUT2D eigenvalue weighted by Crippen LogP contribution is -2.58. The number of nitrogens with two attached hydrogens (primary N) is 1. The average molecular weight is 316 g/mol. The van der Waals surface area contributed by atoms with Crippen LogP contribution in [0, 0.1) is 6.92 Å². The van der Waals surface area contributed by atoms with Crippen LogP contribution in [0.5, 0.6) is 5.75 Å². The zero-order chi connectivity index (χ0) is 16.9. The molecule has 0 heterocycles. The fourth-order valence-corrected chi connectivity index (χ4v) is 3.02. The Morgan fingerprint density at radius 3 is 2.57 bits per heavy atom. The van der Waals surface area contributed by atoms with Crippen LogP contribution in [0.15, 0.2) is 24.3 Å². The largest absolute Gasteiger partial charge is 0.496 e. The Labute approximate surface area is 136 Å². The summed E-state index contributed by atoms with van der Waals surface area (Å²) in [6.45, 7) is 1.97. The van der Waals surface area contributed by atoms with Gasteiger partial charge in [0.15, 0.2) is 0 Å². The van der Waals surface area contributed by atoms with Crippen LogP contribution in [0.25, 0.3) is 6.08 Å². The Kier molecular flexibility index (Phi) is 5.42. The van der Waals surface area contributed by atoms with Gasteiger partial charge in [-0.15, -0.1) is 0 Å². The molecule has 0 bridgehead atoms. The van der Waals surface area contributed by atoms with E-state index in [2.05, 4.69) is 5.32 Å². The van der Waals surface area contributed by atoms with E-state index in [1.807, 2.05) is 25.1 Å². The van der Waals surface area contributed by atoms with Crippen molar-refractivity contribution >= 4 is 17.9 Å². The number of rotatable bonds is 5. The van der Waals surface area contributed by atoms with E-state index in [0.29, 0.717) is 18.6 Å². The van der Waals surface area contributed by atoms with Crippen molar-refractivity contribution in [2.24, 2.45) is 5.73 Å². The minimum atomic E-state index is -0.906. The highest BCUT2D eigenvalue weighted by Gasteiger charge is 2.38. The molecule has 3 N–H and O–H groups in total. The summed E-state index contributed by atoms with van der Waals surface area (Å²) in [5, 5.41) is 2.81. The van der Waals surface area contributed by atoms with Crippen LogP contribution in [0.2, 0.25) is 0 Å². The van der Waals surface area contributed by atoms with Crippen molar-refractivity contribution in [3.05, 3.63) is 35.4 Å². The SMILES string of the molecule is COc1ccc(C)cc1/C=C/C(=O)NC1(C(N)=O)CCCCC1. The number of benzene rings is 1. The molecule has 0 saturated heterocycles. The minimum Gasteiger partial charge on any atom is -0.496 e. The molecule has 23 heavy (non-hydrogen) atoms. The summed E-state index contributed by atoms with van der Waals surface area (Å²) in [6.07, 6.45) is 7.21. The molecule has 5 heteroatoms. The molecular formula is C18H24N2O3. The van der Waals surface area contributed by atoms with Gasteiger partial charge in [-0.05, 0) is 38.0 Å². The van der Waals surface area contributed by atoms with Gasteiger partial charge in [-0.3, -0.25) is 9.59 Å². The number of amides is 2. The fourth-order valence-electron chi connectivity index (χ4n) is 3.02. The average Bonchev–Trinajstić information content (AvgIpc) is 2.54. The maximum Gasteiger partial charge on any atom is 0.244 e. The highest BCUT2D eigenvalue weighted by atomic mass is 16.5. The van der Waals surface area contributed by atoms with E-state index >= 15 is 0 Å². The Hall–Kier alpha value is -2.30. The molecule has 124 valence electrons. The fraction of sp³-hybridized carbons (Fsp3) is 0.444. The zero-order valence-electron chi connectivity index (χ0n) is 13.7. The van der Waals surface area contributed by atoms with Gasteiger partial charge in [0.05, 0.1) is 7.11 Å². The number of nitrogens with one attached hydrogen (secondary N) is 1. The lowest BCUT2D eigenvalue weighted by atomic mass is 9.81. The first-order valence-electron chi connectivity index (χ1n) is 7.92. The van der Waals surface area contributed by atoms with E-state index < -0.39 is 11.4 Å². The number of hydrogen-bond donors (Lipinski definition) is 2. The van der Waals surface area contributed by atoms with Gasteiger partial charge in [-0.25, -0.2) is 0 Å². The van der Waals surface area contributed by atoms with Crippen LogP contribution >= 0.6 is 0 Å². The van der Waals surface area contributed by atoms with Crippen molar-refractivity contribution in [1.82, 2.24) is 5.32 Å². The van der Waals surface area contributed by atoms with Gasteiger partial charge in [0, 0.05) is 11.6 Å². The van der Waals surface area contributed by atoms with Crippen LogP contribution in [0.3, 0.4) is 0 Å². The van der Waals surface area contributed by atoms with Gasteiger partial charge < -0.3 is 15.8 Å². The predicted molar refractivity (Wildman–Crippen MR) is 89.9 cm³/mol. The predicted octanol–water partition coefficient (Wildman–Crippen LogP) is 2.32. The Balaban J connectivity index is 2.12. The summed E-state index contributed by atoms with van der Waals surface area (Å²) in [5.74, 6) is -0.0664. The van der Waals surface area contributed by atoms with Gasteiger partial charge in [0.25, 0.3) is 0 Å². The molecule has 1 aliphatic carbocycles. The van der Waals surface area contributed by atoms with E-state index in [1.54, 1.807) is 13.2 Å². The van der Waals surface area contributed by atoms with E-state index in [1.165, 1.54) is 6.08 Å². The molecule has 1 fully saturated rings. The third-order valence-corrected chi connectivity index (χ3v) is 4.34. The Bertz CT molecular complexity index is 617. The lowest BCUT2D eigenvalue weighted by molar-refractivity contribution is -0.130. The number of carbonyl (C=O) groups excluding carboxylic acids is 2.